The first-order valence-corrected chi connectivity index (χ1v) is 6.36. The SMILES string of the molecule is CC(C)(C#N)NS(=O)(=O)c1cccc([N+](=O)[O-])c1. The molecule has 7 nitrogen and oxygen atoms in total. The molecule has 0 atom stereocenters. The van der Waals surface area contributed by atoms with E-state index in [4.69, 9.17) is 5.26 Å². The summed E-state index contributed by atoms with van der Waals surface area (Å²) in [5.41, 5.74) is -1.61. The molecular weight excluding hydrogens is 258 g/mol. The van der Waals surface area contributed by atoms with Gasteiger partial charge in [-0.1, -0.05) is 6.07 Å². The Hall–Kier alpha value is -1.98. The van der Waals surface area contributed by atoms with E-state index in [1.54, 1.807) is 6.07 Å². The fourth-order valence-corrected chi connectivity index (χ4v) is 2.55. The summed E-state index contributed by atoms with van der Waals surface area (Å²) in [6.45, 7) is 2.78. The number of nitro benzene ring substituents is 1. The van der Waals surface area contributed by atoms with E-state index in [1.165, 1.54) is 32.0 Å². The summed E-state index contributed by atoms with van der Waals surface area (Å²) in [5, 5.41) is 19.3. The first-order chi connectivity index (χ1) is 8.18. The normalized spacial score (nSPS) is 11.8. The minimum Gasteiger partial charge on any atom is -0.258 e. The van der Waals surface area contributed by atoms with Gasteiger partial charge in [0.2, 0.25) is 10.0 Å². The molecular formula is C10H11N3O4S. The highest BCUT2D eigenvalue weighted by Gasteiger charge is 2.26. The monoisotopic (exact) mass is 269 g/mol. The van der Waals surface area contributed by atoms with Crippen molar-refractivity contribution in [1.82, 2.24) is 4.72 Å². The summed E-state index contributed by atoms with van der Waals surface area (Å²) in [5.74, 6) is 0. The van der Waals surface area contributed by atoms with Crippen LogP contribution in [0.4, 0.5) is 5.69 Å². The van der Waals surface area contributed by atoms with Crippen LogP contribution in [0.25, 0.3) is 0 Å². The lowest BCUT2D eigenvalue weighted by Gasteiger charge is -2.17. The Balaban J connectivity index is 3.18. The predicted molar refractivity (Wildman–Crippen MR) is 63.1 cm³/mol. The average molecular weight is 269 g/mol. The second-order valence-electron chi connectivity index (χ2n) is 4.10. The third-order valence-corrected chi connectivity index (χ3v) is 3.66. The molecule has 0 aromatic heterocycles. The Bertz CT molecular complexity index is 616. The number of nitriles is 1. The maximum absolute atomic E-state index is 11.9. The first kappa shape index (κ1) is 14.1. The van der Waals surface area contributed by atoms with Crippen LogP contribution < -0.4 is 4.72 Å². The van der Waals surface area contributed by atoms with Gasteiger partial charge in [-0.3, -0.25) is 10.1 Å². The lowest BCUT2D eigenvalue weighted by atomic mass is 10.1. The third-order valence-electron chi connectivity index (χ3n) is 2.01. The lowest BCUT2D eigenvalue weighted by Crippen LogP contribution is -2.41. The molecule has 0 aliphatic rings. The Morgan fingerprint density at radius 2 is 2.06 bits per heavy atom. The van der Waals surface area contributed by atoms with Crippen molar-refractivity contribution in [2.45, 2.75) is 24.3 Å². The van der Waals surface area contributed by atoms with Crippen molar-refractivity contribution in [2.24, 2.45) is 0 Å². The maximum atomic E-state index is 11.9. The Labute approximate surface area is 104 Å². The van der Waals surface area contributed by atoms with Gasteiger partial charge in [0.25, 0.3) is 5.69 Å². The van der Waals surface area contributed by atoms with Crippen LogP contribution in [-0.4, -0.2) is 18.9 Å². The summed E-state index contributed by atoms with van der Waals surface area (Å²) in [7, 11) is -3.96. The van der Waals surface area contributed by atoms with Crippen LogP contribution >= 0.6 is 0 Å². The lowest BCUT2D eigenvalue weighted by molar-refractivity contribution is -0.385. The number of rotatable bonds is 4. The second kappa shape index (κ2) is 4.72. The summed E-state index contributed by atoms with van der Waals surface area (Å²) in [6.07, 6.45) is 0. The topological polar surface area (TPSA) is 113 Å². The van der Waals surface area contributed by atoms with Gasteiger partial charge >= 0.3 is 0 Å². The van der Waals surface area contributed by atoms with E-state index in [9.17, 15) is 18.5 Å². The molecule has 0 unspecified atom stereocenters. The fourth-order valence-electron chi connectivity index (χ4n) is 1.18. The van der Waals surface area contributed by atoms with E-state index < -0.39 is 20.5 Å². The number of hydrogen-bond donors (Lipinski definition) is 1. The summed E-state index contributed by atoms with van der Waals surface area (Å²) < 4.78 is 25.9. The molecule has 0 aliphatic carbocycles. The quantitative estimate of drug-likeness (QED) is 0.651. The smallest absolute Gasteiger partial charge is 0.258 e. The Morgan fingerprint density at radius 3 is 2.56 bits per heavy atom. The van der Waals surface area contributed by atoms with Gasteiger partial charge < -0.3 is 0 Å². The molecule has 0 saturated carbocycles. The number of sulfonamides is 1. The minimum atomic E-state index is -3.96. The van der Waals surface area contributed by atoms with Crippen molar-refractivity contribution < 1.29 is 13.3 Å². The number of nitrogens with zero attached hydrogens (tertiary/aromatic N) is 2. The number of benzene rings is 1. The van der Waals surface area contributed by atoms with Crippen LogP contribution in [0.5, 0.6) is 0 Å². The van der Waals surface area contributed by atoms with E-state index in [1.807, 2.05) is 0 Å². The molecule has 0 fully saturated rings. The van der Waals surface area contributed by atoms with Gasteiger partial charge in [0.05, 0.1) is 15.9 Å². The Morgan fingerprint density at radius 1 is 1.44 bits per heavy atom. The standard InChI is InChI=1S/C10H11N3O4S/c1-10(2,7-11)12-18(16,17)9-5-3-4-8(6-9)13(14)15/h3-6,12H,1-2H3. The molecule has 96 valence electrons. The van der Waals surface area contributed by atoms with Gasteiger partial charge in [0.1, 0.15) is 5.54 Å². The van der Waals surface area contributed by atoms with Crippen molar-refractivity contribution in [3.8, 4) is 6.07 Å². The molecule has 0 amide bonds. The summed E-state index contributed by atoms with van der Waals surface area (Å²) >= 11 is 0. The molecule has 0 radical (unpaired) electrons. The molecule has 1 aromatic rings. The molecule has 18 heavy (non-hydrogen) atoms. The molecule has 0 heterocycles. The third kappa shape index (κ3) is 3.26. The van der Waals surface area contributed by atoms with Crippen molar-refractivity contribution in [2.75, 3.05) is 0 Å². The molecule has 1 aromatic carbocycles. The molecule has 1 N–H and O–H groups in total. The van der Waals surface area contributed by atoms with Crippen LogP contribution in [0.3, 0.4) is 0 Å². The zero-order valence-electron chi connectivity index (χ0n) is 9.75. The van der Waals surface area contributed by atoms with Crippen LogP contribution in [-0.2, 0) is 10.0 Å². The van der Waals surface area contributed by atoms with Crippen LogP contribution in [0, 0.1) is 21.4 Å². The van der Waals surface area contributed by atoms with Crippen molar-refractivity contribution in [1.29, 1.82) is 5.26 Å². The predicted octanol–water partition coefficient (Wildman–Crippen LogP) is 1.18. The maximum Gasteiger partial charge on any atom is 0.270 e. The zero-order chi connectivity index (χ0) is 14.0. The van der Waals surface area contributed by atoms with E-state index in [-0.39, 0.29) is 10.6 Å². The van der Waals surface area contributed by atoms with Gasteiger partial charge in [0.15, 0.2) is 0 Å². The molecule has 1 rings (SSSR count). The van der Waals surface area contributed by atoms with E-state index >= 15 is 0 Å². The van der Waals surface area contributed by atoms with Crippen molar-refractivity contribution >= 4 is 15.7 Å². The van der Waals surface area contributed by atoms with Crippen LogP contribution in [0.2, 0.25) is 0 Å². The first-order valence-electron chi connectivity index (χ1n) is 4.88. The van der Waals surface area contributed by atoms with Gasteiger partial charge in [-0.05, 0) is 19.9 Å². The van der Waals surface area contributed by atoms with Crippen LogP contribution in [0.1, 0.15) is 13.8 Å². The van der Waals surface area contributed by atoms with E-state index in [2.05, 4.69) is 4.72 Å². The van der Waals surface area contributed by atoms with E-state index in [0.717, 1.165) is 6.07 Å². The van der Waals surface area contributed by atoms with Crippen molar-refractivity contribution in [3.05, 3.63) is 34.4 Å². The zero-order valence-corrected chi connectivity index (χ0v) is 10.6. The average Bonchev–Trinajstić information content (AvgIpc) is 2.28. The van der Waals surface area contributed by atoms with E-state index in [0.29, 0.717) is 0 Å². The second-order valence-corrected chi connectivity index (χ2v) is 5.78. The molecule has 8 heteroatoms. The number of non-ortho nitro benzene ring substituents is 1. The van der Waals surface area contributed by atoms with Crippen molar-refractivity contribution in [3.63, 3.8) is 0 Å². The number of nitro groups is 1. The molecule has 0 spiro atoms. The molecule has 0 bridgehead atoms. The van der Waals surface area contributed by atoms with Gasteiger partial charge in [-0.15, -0.1) is 0 Å². The molecule has 0 aliphatic heterocycles. The highest BCUT2D eigenvalue weighted by atomic mass is 32.2. The highest BCUT2D eigenvalue weighted by Crippen LogP contribution is 2.18. The van der Waals surface area contributed by atoms with Gasteiger partial charge in [0, 0.05) is 12.1 Å². The van der Waals surface area contributed by atoms with Crippen LogP contribution in [0.15, 0.2) is 29.2 Å². The number of nitrogens with one attached hydrogen (secondary N) is 1. The number of hydrogen-bond acceptors (Lipinski definition) is 5. The fraction of sp³-hybridized carbons (Fsp3) is 0.300. The minimum absolute atomic E-state index is 0.250. The summed E-state index contributed by atoms with van der Waals surface area (Å²) in [4.78, 5) is 9.62. The Kier molecular flexibility index (Phi) is 3.69. The van der Waals surface area contributed by atoms with Gasteiger partial charge in [-0.25, -0.2) is 8.42 Å². The largest absolute Gasteiger partial charge is 0.270 e. The molecule has 0 saturated heterocycles. The summed E-state index contributed by atoms with van der Waals surface area (Å²) in [6, 6.07) is 6.40. The van der Waals surface area contributed by atoms with Gasteiger partial charge in [-0.2, -0.15) is 9.98 Å². The highest BCUT2D eigenvalue weighted by molar-refractivity contribution is 7.89.